The number of rotatable bonds is 4. The Morgan fingerprint density at radius 1 is 1.40 bits per heavy atom. The molecule has 20 heavy (non-hydrogen) atoms. The van der Waals surface area contributed by atoms with Gasteiger partial charge in [0.15, 0.2) is 0 Å². The van der Waals surface area contributed by atoms with Crippen molar-refractivity contribution in [3.05, 3.63) is 34.3 Å². The summed E-state index contributed by atoms with van der Waals surface area (Å²) < 4.78 is 1.17. The van der Waals surface area contributed by atoms with Crippen molar-refractivity contribution in [3.8, 4) is 0 Å². The molecule has 1 aromatic rings. The molecule has 0 saturated carbocycles. The van der Waals surface area contributed by atoms with Gasteiger partial charge in [-0.2, -0.15) is 0 Å². The molecule has 0 bridgehead atoms. The first-order valence-electron chi connectivity index (χ1n) is 7.59. The highest BCUT2D eigenvalue weighted by molar-refractivity contribution is 9.10. The molecule has 2 rings (SSSR count). The lowest BCUT2D eigenvalue weighted by molar-refractivity contribution is 0.0760. The monoisotopic (exact) mass is 338 g/mol. The number of benzene rings is 1. The van der Waals surface area contributed by atoms with Crippen LogP contribution in [0.3, 0.4) is 0 Å². The summed E-state index contributed by atoms with van der Waals surface area (Å²) in [4.78, 5) is 2.65. The first-order valence-corrected chi connectivity index (χ1v) is 8.38. The Bertz CT molecular complexity index is 442. The second kappa shape index (κ2) is 6.59. The Labute approximate surface area is 132 Å². The quantitative estimate of drug-likeness (QED) is 0.890. The van der Waals surface area contributed by atoms with Crippen molar-refractivity contribution >= 4 is 15.9 Å². The van der Waals surface area contributed by atoms with Gasteiger partial charge >= 0.3 is 0 Å². The third-order valence-corrected chi connectivity index (χ3v) is 4.44. The zero-order valence-corrected chi connectivity index (χ0v) is 14.7. The van der Waals surface area contributed by atoms with Crippen LogP contribution >= 0.6 is 15.9 Å². The molecule has 112 valence electrons. The maximum atomic E-state index is 3.69. The number of piperazine rings is 1. The maximum Gasteiger partial charge on any atom is 0.0253 e. The molecule has 1 fully saturated rings. The van der Waals surface area contributed by atoms with Crippen molar-refractivity contribution in [1.82, 2.24) is 10.2 Å². The van der Waals surface area contributed by atoms with E-state index in [1.54, 1.807) is 0 Å². The summed E-state index contributed by atoms with van der Waals surface area (Å²) >= 11 is 3.57. The Kier molecular flexibility index (Phi) is 5.27. The van der Waals surface area contributed by atoms with Gasteiger partial charge in [0.1, 0.15) is 0 Å². The Balaban J connectivity index is 2.10. The van der Waals surface area contributed by atoms with Gasteiger partial charge in [-0.3, -0.25) is 4.90 Å². The third-order valence-electron chi connectivity index (χ3n) is 3.95. The van der Waals surface area contributed by atoms with Gasteiger partial charge in [0, 0.05) is 35.7 Å². The van der Waals surface area contributed by atoms with Gasteiger partial charge in [0.05, 0.1) is 0 Å². The molecule has 0 aromatic heterocycles. The largest absolute Gasteiger partial charge is 0.309 e. The van der Waals surface area contributed by atoms with Gasteiger partial charge in [0.2, 0.25) is 0 Å². The van der Waals surface area contributed by atoms with Crippen molar-refractivity contribution in [3.63, 3.8) is 0 Å². The maximum absolute atomic E-state index is 3.69. The van der Waals surface area contributed by atoms with Crippen molar-refractivity contribution in [2.75, 3.05) is 13.1 Å². The third kappa shape index (κ3) is 4.57. The van der Waals surface area contributed by atoms with Crippen molar-refractivity contribution in [2.45, 2.75) is 52.2 Å². The summed E-state index contributed by atoms with van der Waals surface area (Å²) in [7, 11) is 0. The normalized spacial score (nSPS) is 23.2. The van der Waals surface area contributed by atoms with E-state index in [-0.39, 0.29) is 5.54 Å². The lowest BCUT2D eigenvalue weighted by Gasteiger charge is -2.45. The Hall–Kier alpha value is -0.380. The number of nitrogens with zero attached hydrogens (tertiary/aromatic N) is 1. The van der Waals surface area contributed by atoms with Crippen LogP contribution in [-0.2, 0) is 6.54 Å². The zero-order valence-electron chi connectivity index (χ0n) is 13.1. The van der Waals surface area contributed by atoms with Crippen LogP contribution in [0.1, 0.15) is 39.7 Å². The molecule has 1 atom stereocenters. The van der Waals surface area contributed by atoms with E-state index < -0.39 is 0 Å². The molecular weight excluding hydrogens is 312 g/mol. The van der Waals surface area contributed by atoms with Crippen molar-refractivity contribution < 1.29 is 0 Å². The number of halogens is 1. The van der Waals surface area contributed by atoms with Crippen LogP contribution in [0.25, 0.3) is 0 Å². The molecular formula is C17H27BrN2. The molecule has 1 saturated heterocycles. The molecule has 1 unspecified atom stereocenters. The van der Waals surface area contributed by atoms with Gasteiger partial charge < -0.3 is 5.32 Å². The summed E-state index contributed by atoms with van der Waals surface area (Å²) in [5.41, 5.74) is 1.60. The van der Waals surface area contributed by atoms with E-state index in [1.807, 2.05) is 0 Å². The van der Waals surface area contributed by atoms with E-state index in [4.69, 9.17) is 0 Å². The van der Waals surface area contributed by atoms with Gasteiger partial charge in [-0.05, 0) is 43.9 Å². The standard InChI is InChI=1S/C17H27BrN2/c1-13(2)8-16-10-19-17(3,4)12-20(16)11-14-6-5-7-15(18)9-14/h5-7,9,13,16,19H,8,10-12H2,1-4H3. The van der Waals surface area contributed by atoms with Crippen LogP contribution in [-0.4, -0.2) is 29.6 Å². The van der Waals surface area contributed by atoms with Gasteiger partial charge in [-0.1, -0.05) is 41.9 Å². The van der Waals surface area contributed by atoms with Gasteiger partial charge in [-0.15, -0.1) is 0 Å². The molecule has 0 radical (unpaired) electrons. The summed E-state index contributed by atoms with van der Waals surface area (Å²) in [6.45, 7) is 12.5. The van der Waals surface area contributed by atoms with Crippen LogP contribution < -0.4 is 5.32 Å². The Morgan fingerprint density at radius 2 is 2.15 bits per heavy atom. The highest BCUT2D eigenvalue weighted by Crippen LogP contribution is 2.23. The minimum absolute atomic E-state index is 0.208. The molecule has 1 aliphatic rings. The summed E-state index contributed by atoms with van der Waals surface area (Å²) in [6, 6.07) is 9.33. The van der Waals surface area contributed by atoms with Crippen LogP contribution in [0, 0.1) is 5.92 Å². The van der Waals surface area contributed by atoms with Crippen LogP contribution in [0.4, 0.5) is 0 Å². The number of hydrogen-bond acceptors (Lipinski definition) is 2. The van der Waals surface area contributed by atoms with Crippen LogP contribution in [0.15, 0.2) is 28.7 Å². The smallest absolute Gasteiger partial charge is 0.0253 e. The summed E-state index contributed by atoms with van der Waals surface area (Å²) in [5.74, 6) is 0.744. The highest BCUT2D eigenvalue weighted by Gasteiger charge is 2.32. The summed E-state index contributed by atoms with van der Waals surface area (Å²) in [5, 5.41) is 3.69. The van der Waals surface area contributed by atoms with E-state index in [1.165, 1.54) is 16.5 Å². The first kappa shape index (κ1) is 16.0. The minimum Gasteiger partial charge on any atom is -0.309 e. The molecule has 0 spiro atoms. The molecule has 1 aliphatic heterocycles. The average Bonchev–Trinajstić information content (AvgIpc) is 2.32. The summed E-state index contributed by atoms with van der Waals surface area (Å²) in [6.07, 6.45) is 1.26. The number of hydrogen-bond donors (Lipinski definition) is 1. The van der Waals surface area contributed by atoms with E-state index >= 15 is 0 Å². The van der Waals surface area contributed by atoms with E-state index in [9.17, 15) is 0 Å². The molecule has 0 aliphatic carbocycles. The molecule has 0 amide bonds. The van der Waals surface area contributed by atoms with Gasteiger partial charge in [-0.25, -0.2) is 0 Å². The topological polar surface area (TPSA) is 15.3 Å². The fourth-order valence-electron chi connectivity index (χ4n) is 3.05. The lowest BCUT2D eigenvalue weighted by Crippen LogP contribution is -2.61. The first-order chi connectivity index (χ1) is 9.35. The molecule has 1 N–H and O–H groups in total. The van der Waals surface area contributed by atoms with Crippen LogP contribution in [0.5, 0.6) is 0 Å². The molecule has 1 aromatic carbocycles. The molecule has 3 heteroatoms. The van der Waals surface area contributed by atoms with Crippen LogP contribution in [0.2, 0.25) is 0 Å². The lowest BCUT2D eigenvalue weighted by atomic mass is 9.93. The SMILES string of the molecule is CC(C)CC1CNC(C)(C)CN1Cc1cccc(Br)c1. The van der Waals surface area contributed by atoms with E-state index in [0.29, 0.717) is 6.04 Å². The second-order valence-electron chi connectivity index (χ2n) is 7.08. The molecule has 2 nitrogen and oxygen atoms in total. The Morgan fingerprint density at radius 3 is 2.80 bits per heavy atom. The van der Waals surface area contributed by atoms with E-state index in [2.05, 4.69) is 78.1 Å². The highest BCUT2D eigenvalue weighted by atomic mass is 79.9. The zero-order chi connectivity index (χ0) is 14.8. The second-order valence-corrected chi connectivity index (χ2v) is 8.00. The predicted molar refractivity (Wildman–Crippen MR) is 89.9 cm³/mol. The van der Waals surface area contributed by atoms with E-state index in [0.717, 1.165) is 25.6 Å². The average molecular weight is 339 g/mol. The predicted octanol–water partition coefficient (Wildman–Crippen LogP) is 4.05. The van der Waals surface area contributed by atoms with Gasteiger partial charge in [0.25, 0.3) is 0 Å². The van der Waals surface area contributed by atoms with Crippen molar-refractivity contribution in [2.24, 2.45) is 5.92 Å². The minimum atomic E-state index is 0.208. The number of nitrogens with one attached hydrogen (secondary N) is 1. The fourth-order valence-corrected chi connectivity index (χ4v) is 3.49. The molecule has 1 heterocycles. The fraction of sp³-hybridized carbons (Fsp3) is 0.647. The van der Waals surface area contributed by atoms with Crippen molar-refractivity contribution in [1.29, 1.82) is 0 Å².